The molecule has 7 heteroatoms. The molecule has 104 valence electrons. The molecule has 0 aliphatic carbocycles. The topological polar surface area (TPSA) is 105 Å². The first-order valence-electron chi connectivity index (χ1n) is 5.74. The number of rotatable bonds is 4. The van der Waals surface area contributed by atoms with Crippen LogP contribution in [0, 0.1) is 0 Å². The van der Waals surface area contributed by atoms with Crippen molar-refractivity contribution in [3.8, 4) is 5.75 Å². The van der Waals surface area contributed by atoms with Gasteiger partial charge >= 0.3 is 0 Å². The molecular formula is C13H13N3O3S. The fourth-order valence-electron chi connectivity index (χ4n) is 1.61. The Bertz CT molecular complexity index is 742. The summed E-state index contributed by atoms with van der Waals surface area (Å²) in [5.74, 6) is 0.117. The monoisotopic (exact) mass is 291 g/mol. The Kier molecular flexibility index (Phi) is 4.11. The van der Waals surface area contributed by atoms with Gasteiger partial charge in [-0.15, -0.1) is 0 Å². The lowest BCUT2D eigenvalue weighted by Gasteiger charge is -2.02. The van der Waals surface area contributed by atoms with E-state index in [1.165, 1.54) is 12.1 Å². The molecule has 0 aliphatic heterocycles. The molecule has 0 amide bonds. The van der Waals surface area contributed by atoms with Crippen LogP contribution in [0.3, 0.4) is 0 Å². The summed E-state index contributed by atoms with van der Waals surface area (Å²) < 4.78 is 22.8. The van der Waals surface area contributed by atoms with E-state index < -0.39 is 10.0 Å². The van der Waals surface area contributed by atoms with E-state index in [1.807, 2.05) is 0 Å². The quantitative estimate of drug-likeness (QED) is 0.844. The molecule has 0 fully saturated rings. The highest BCUT2D eigenvalue weighted by atomic mass is 32.2. The average Bonchev–Trinajstić information content (AvgIpc) is 2.40. The largest absolute Gasteiger partial charge is 0.508 e. The van der Waals surface area contributed by atoms with E-state index in [9.17, 15) is 13.5 Å². The van der Waals surface area contributed by atoms with Gasteiger partial charge in [-0.25, -0.2) is 13.6 Å². The van der Waals surface area contributed by atoms with Gasteiger partial charge in [0.2, 0.25) is 10.0 Å². The van der Waals surface area contributed by atoms with Gasteiger partial charge in [0.15, 0.2) is 0 Å². The van der Waals surface area contributed by atoms with Gasteiger partial charge in [-0.05, 0) is 18.2 Å². The highest BCUT2D eigenvalue weighted by Gasteiger charge is 2.12. The normalized spacial score (nSPS) is 11.8. The fourth-order valence-corrected chi connectivity index (χ4v) is 2.28. The summed E-state index contributed by atoms with van der Waals surface area (Å²) in [6.07, 6.45) is 0. The van der Waals surface area contributed by atoms with Crippen molar-refractivity contribution in [1.82, 2.24) is 0 Å². The Morgan fingerprint density at radius 1 is 1.05 bits per heavy atom. The van der Waals surface area contributed by atoms with E-state index in [-0.39, 0.29) is 22.9 Å². The summed E-state index contributed by atoms with van der Waals surface area (Å²) >= 11 is 0. The predicted molar refractivity (Wildman–Crippen MR) is 74.1 cm³/mol. The number of primary sulfonamides is 1. The molecule has 20 heavy (non-hydrogen) atoms. The van der Waals surface area contributed by atoms with Crippen LogP contribution < -0.4 is 5.14 Å². The minimum absolute atomic E-state index is 0.0824. The number of nitrogens with zero attached hydrogens (tertiary/aromatic N) is 2. The Balaban J connectivity index is 2.23. The van der Waals surface area contributed by atoms with E-state index in [0.29, 0.717) is 5.56 Å². The van der Waals surface area contributed by atoms with E-state index in [0.717, 1.165) is 0 Å². The predicted octanol–water partition coefficient (Wildman–Crippen LogP) is 2.32. The number of para-hydroxylation sites is 1. The van der Waals surface area contributed by atoms with Crippen molar-refractivity contribution < 1.29 is 13.5 Å². The molecule has 0 spiro atoms. The van der Waals surface area contributed by atoms with Crippen molar-refractivity contribution in [1.29, 1.82) is 0 Å². The molecule has 6 nitrogen and oxygen atoms in total. The number of hydrogen-bond donors (Lipinski definition) is 2. The Morgan fingerprint density at radius 2 is 1.70 bits per heavy atom. The number of sulfonamides is 1. The molecule has 2 aromatic rings. The molecule has 0 saturated carbocycles. The maximum Gasteiger partial charge on any atom is 0.240 e. The lowest BCUT2D eigenvalue weighted by molar-refractivity contribution is 0.468. The number of nitrogens with two attached hydrogens (primary N) is 1. The molecule has 3 N–H and O–H groups in total. The van der Waals surface area contributed by atoms with Crippen LogP contribution >= 0.6 is 0 Å². The van der Waals surface area contributed by atoms with Gasteiger partial charge in [0, 0.05) is 5.56 Å². The molecular weight excluding hydrogens is 278 g/mol. The van der Waals surface area contributed by atoms with Crippen LogP contribution in [0.1, 0.15) is 5.56 Å². The summed E-state index contributed by atoms with van der Waals surface area (Å²) in [5, 5.41) is 22.4. The zero-order chi connectivity index (χ0) is 14.6. The molecule has 0 saturated heterocycles. The molecule has 0 heterocycles. The zero-order valence-corrected chi connectivity index (χ0v) is 11.3. The second-order valence-corrected chi connectivity index (χ2v) is 5.57. The SMILES string of the molecule is NS(=O)(=O)c1ccccc1N=NCc1ccccc1O. The first-order valence-corrected chi connectivity index (χ1v) is 7.29. The Labute approximate surface area is 116 Å². The smallest absolute Gasteiger partial charge is 0.240 e. The maximum absolute atomic E-state index is 11.4. The van der Waals surface area contributed by atoms with Crippen LogP contribution in [0.5, 0.6) is 5.75 Å². The van der Waals surface area contributed by atoms with Crippen LogP contribution in [0.4, 0.5) is 5.69 Å². The summed E-state index contributed by atoms with van der Waals surface area (Å²) in [5.41, 5.74) is 0.773. The fraction of sp³-hybridized carbons (Fsp3) is 0.0769. The third-order valence-electron chi connectivity index (χ3n) is 2.58. The van der Waals surface area contributed by atoms with Crippen molar-refractivity contribution in [2.45, 2.75) is 11.4 Å². The number of phenols is 1. The number of aromatic hydroxyl groups is 1. The second-order valence-electron chi connectivity index (χ2n) is 4.04. The summed E-state index contributed by atoms with van der Waals surface area (Å²) in [6, 6.07) is 12.8. The van der Waals surface area contributed by atoms with Gasteiger partial charge in [-0.1, -0.05) is 30.3 Å². The second kappa shape index (κ2) is 5.81. The highest BCUT2D eigenvalue weighted by molar-refractivity contribution is 7.89. The van der Waals surface area contributed by atoms with Crippen LogP contribution in [-0.4, -0.2) is 13.5 Å². The van der Waals surface area contributed by atoms with Crippen LogP contribution in [0.15, 0.2) is 63.7 Å². The third-order valence-corrected chi connectivity index (χ3v) is 3.54. The number of phenolic OH excluding ortho intramolecular Hbond substituents is 1. The van der Waals surface area contributed by atoms with E-state index in [1.54, 1.807) is 36.4 Å². The third kappa shape index (κ3) is 3.40. The van der Waals surface area contributed by atoms with Gasteiger partial charge < -0.3 is 5.11 Å². The van der Waals surface area contributed by atoms with Gasteiger partial charge in [0.25, 0.3) is 0 Å². The van der Waals surface area contributed by atoms with Crippen molar-refractivity contribution >= 4 is 15.7 Å². The molecule has 2 rings (SSSR count). The molecule has 0 radical (unpaired) electrons. The van der Waals surface area contributed by atoms with Gasteiger partial charge in [-0.2, -0.15) is 10.2 Å². The first-order chi connectivity index (χ1) is 9.48. The lowest BCUT2D eigenvalue weighted by Crippen LogP contribution is -2.12. The number of hydrogen-bond acceptors (Lipinski definition) is 5. The summed E-state index contributed by atoms with van der Waals surface area (Å²) in [6.45, 7) is 0.144. The zero-order valence-electron chi connectivity index (χ0n) is 10.5. The van der Waals surface area contributed by atoms with E-state index in [4.69, 9.17) is 5.14 Å². The minimum Gasteiger partial charge on any atom is -0.508 e. The van der Waals surface area contributed by atoms with Crippen LogP contribution in [-0.2, 0) is 16.6 Å². The highest BCUT2D eigenvalue weighted by Crippen LogP contribution is 2.24. The van der Waals surface area contributed by atoms with E-state index >= 15 is 0 Å². The Morgan fingerprint density at radius 3 is 2.40 bits per heavy atom. The average molecular weight is 291 g/mol. The molecule has 0 bridgehead atoms. The molecule has 0 aromatic heterocycles. The number of benzene rings is 2. The summed E-state index contributed by atoms with van der Waals surface area (Å²) in [7, 11) is -3.84. The maximum atomic E-state index is 11.4. The summed E-state index contributed by atoms with van der Waals surface area (Å²) in [4.78, 5) is -0.0824. The van der Waals surface area contributed by atoms with Crippen molar-refractivity contribution in [3.05, 3.63) is 54.1 Å². The van der Waals surface area contributed by atoms with Gasteiger partial charge in [0.05, 0.1) is 6.54 Å². The Hall–Kier alpha value is -2.25. The minimum atomic E-state index is -3.84. The lowest BCUT2D eigenvalue weighted by atomic mass is 10.2. The van der Waals surface area contributed by atoms with Crippen molar-refractivity contribution in [2.24, 2.45) is 15.4 Å². The van der Waals surface area contributed by atoms with Crippen molar-refractivity contribution in [3.63, 3.8) is 0 Å². The number of azo groups is 1. The molecule has 0 atom stereocenters. The van der Waals surface area contributed by atoms with Crippen LogP contribution in [0.25, 0.3) is 0 Å². The van der Waals surface area contributed by atoms with Gasteiger partial charge in [0.1, 0.15) is 16.3 Å². The van der Waals surface area contributed by atoms with E-state index in [2.05, 4.69) is 10.2 Å². The standard InChI is InChI=1S/C13H13N3O3S/c14-20(18,19)13-8-4-2-6-11(13)16-15-9-10-5-1-3-7-12(10)17/h1-8,17H,9H2,(H2,14,18,19). The molecule has 0 aliphatic rings. The molecule has 0 unspecified atom stereocenters. The molecule has 2 aromatic carbocycles. The van der Waals surface area contributed by atoms with Crippen molar-refractivity contribution in [2.75, 3.05) is 0 Å². The van der Waals surface area contributed by atoms with Gasteiger partial charge in [-0.3, -0.25) is 0 Å². The van der Waals surface area contributed by atoms with Crippen LogP contribution in [0.2, 0.25) is 0 Å². The first kappa shape index (κ1) is 14.2.